The predicted molar refractivity (Wildman–Crippen MR) is 124 cm³/mol. The lowest BCUT2D eigenvalue weighted by molar-refractivity contribution is 0.236. The molecule has 0 saturated carbocycles. The van der Waals surface area contributed by atoms with Crippen LogP contribution < -0.4 is 14.8 Å². The van der Waals surface area contributed by atoms with E-state index in [-0.39, 0.29) is 6.04 Å². The van der Waals surface area contributed by atoms with Gasteiger partial charge in [-0.05, 0) is 54.8 Å². The molecule has 1 aromatic heterocycles. The molecule has 0 amide bonds. The number of ether oxygens (including phenoxy) is 2. The highest BCUT2D eigenvalue weighted by molar-refractivity contribution is 5.45. The molecule has 5 nitrogen and oxygen atoms in total. The van der Waals surface area contributed by atoms with Crippen molar-refractivity contribution < 1.29 is 9.47 Å². The van der Waals surface area contributed by atoms with E-state index in [0.29, 0.717) is 6.61 Å². The summed E-state index contributed by atoms with van der Waals surface area (Å²) in [7, 11) is 1.70. The van der Waals surface area contributed by atoms with Crippen LogP contribution in [0.3, 0.4) is 0 Å². The van der Waals surface area contributed by atoms with Gasteiger partial charge in [-0.2, -0.15) is 0 Å². The topological polar surface area (TPSA) is 46.6 Å². The van der Waals surface area contributed by atoms with Crippen molar-refractivity contribution in [3.8, 4) is 11.5 Å². The van der Waals surface area contributed by atoms with Crippen LogP contribution >= 0.6 is 0 Å². The molecule has 0 radical (unpaired) electrons. The van der Waals surface area contributed by atoms with Crippen LogP contribution in [0, 0.1) is 6.92 Å². The average molecular weight is 418 g/mol. The van der Waals surface area contributed by atoms with Gasteiger partial charge in [-0.3, -0.25) is 9.88 Å². The van der Waals surface area contributed by atoms with Crippen LogP contribution in [0.4, 0.5) is 0 Å². The van der Waals surface area contributed by atoms with Crippen LogP contribution in [-0.2, 0) is 6.61 Å². The van der Waals surface area contributed by atoms with Crippen molar-refractivity contribution in [3.63, 3.8) is 0 Å². The Bertz CT molecular complexity index is 952. The molecule has 1 aliphatic rings. The second-order valence-electron chi connectivity index (χ2n) is 7.99. The zero-order chi connectivity index (χ0) is 21.5. The standard InChI is InChI=1S/C26H31N3O2/c1-20-9-11-23(28-18-20)26(29-15-6-13-27-14-16-29)22-10-12-24(25(17-22)30-2)31-19-21-7-4-3-5-8-21/h3-5,7-12,17-18,26-27H,6,13-16,19H2,1-2H3. The summed E-state index contributed by atoms with van der Waals surface area (Å²) in [5, 5.41) is 3.50. The van der Waals surface area contributed by atoms with Gasteiger partial charge in [0.15, 0.2) is 11.5 Å². The van der Waals surface area contributed by atoms with E-state index in [1.54, 1.807) is 7.11 Å². The van der Waals surface area contributed by atoms with E-state index in [1.807, 2.05) is 30.5 Å². The summed E-state index contributed by atoms with van der Waals surface area (Å²) < 4.78 is 11.8. The molecule has 5 heteroatoms. The zero-order valence-corrected chi connectivity index (χ0v) is 18.4. The van der Waals surface area contributed by atoms with Gasteiger partial charge in [0.2, 0.25) is 0 Å². The molecule has 1 unspecified atom stereocenters. The van der Waals surface area contributed by atoms with Crippen LogP contribution in [0.5, 0.6) is 11.5 Å². The molecule has 162 valence electrons. The summed E-state index contributed by atoms with van der Waals surface area (Å²) in [5.41, 5.74) is 4.53. The Hall–Kier alpha value is -2.89. The number of aryl methyl sites for hydroxylation is 1. The minimum atomic E-state index is 0.0811. The third-order valence-corrected chi connectivity index (χ3v) is 5.69. The first-order valence-corrected chi connectivity index (χ1v) is 11.0. The lowest BCUT2D eigenvalue weighted by Crippen LogP contribution is -2.33. The number of nitrogens with zero attached hydrogens (tertiary/aromatic N) is 2. The molecule has 2 heterocycles. The van der Waals surface area contributed by atoms with Crippen molar-refractivity contribution in [1.82, 2.24) is 15.2 Å². The number of benzene rings is 2. The van der Waals surface area contributed by atoms with E-state index in [2.05, 4.69) is 53.5 Å². The molecule has 31 heavy (non-hydrogen) atoms. The predicted octanol–water partition coefficient (Wildman–Crippen LogP) is 4.36. The van der Waals surface area contributed by atoms with Crippen molar-refractivity contribution >= 4 is 0 Å². The molecule has 2 aromatic carbocycles. The highest BCUT2D eigenvalue weighted by atomic mass is 16.5. The fourth-order valence-corrected chi connectivity index (χ4v) is 4.04. The molecule has 1 saturated heterocycles. The lowest BCUT2D eigenvalue weighted by Gasteiger charge is -2.31. The first-order valence-electron chi connectivity index (χ1n) is 11.0. The Morgan fingerprint density at radius 3 is 2.65 bits per heavy atom. The fraction of sp³-hybridized carbons (Fsp3) is 0.346. The Morgan fingerprint density at radius 1 is 1.00 bits per heavy atom. The summed E-state index contributed by atoms with van der Waals surface area (Å²) in [6.45, 7) is 6.63. The number of aromatic nitrogens is 1. The van der Waals surface area contributed by atoms with Gasteiger partial charge in [0.25, 0.3) is 0 Å². The SMILES string of the molecule is COc1cc(C(c2ccc(C)cn2)N2CCCNCC2)ccc1OCc1ccccc1. The van der Waals surface area contributed by atoms with Crippen LogP contribution in [0.15, 0.2) is 66.9 Å². The fourth-order valence-electron chi connectivity index (χ4n) is 4.04. The third-order valence-electron chi connectivity index (χ3n) is 5.69. The molecule has 0 aliphatic carbocycles. The summed E-state index contributed by atoms with van der Waals surface area (Å²) >= 11 is 0. The minimum Gasteiger partial charge on any atom is -0.493 e. The third kappa shape index (κ3) is 5.43. The Labute approximate surface area is 185 Å². The van der Waals surface area contributed by atoms with E-state index in [4.69, 9.17) is 14.5 Å². The van der Waals surface area contributed by atoms with Crippen LogP contribution in [0.25, 0.3) is 0 Å². The van der Waals surface area contributed by atoms with E-state index < -0.39 is 0 Å². The summed E-state index contributed by atoms with van der Waals surface area (Å²) in [5.74, 6) is 1.50. The molecule has 1 atom stereocenters. The van der Waals surface area contributed by atoms with Gasteiger partial charge < -0.3 is 14.8 Å². The number of pyridine rings is 1. The van der Waals surface area contributed by atoms with E-state index in [0.717, 1.165) is 55.4 Å². The van der Waals surface area contributed by atoms with Crippen LogP contribution in [-0.4, -0.2) is 43.2 Å². The smallest absolute Gasteiger partial charge is 0.161 e. The molecule has 1 aliphatic heterocycles. The maximum absolute atomic E-state index is 6.07. The number of hydrogen-bond donors (Lipinski definition) is 1. The Balaban J connectivity index is 1.63. The van der Waals surface area contributed by atoms with E-state index >= 15 is 0 Å². The van der Waals surface area contributed by atoms with Crippen molar-refractivity contribution in [3.05, 3.63) is 89.2 Å². The van der Waals surface area contributed by atoms with Crippen molar-refractivity contribution in [2.45, 2.75) is 26.0 Å². The van der Waals surface area contributed by atoms with Gasteiger partial charge in [0, 0.05) is 25.8 Å². The summed E-state index contributed by atoms with van der Waals surface area (Å²) in [6.07, 6.45) is 3.07. The average Bonchev–Trinajstić information content (AvgIpc) is 3.09. The van der Waals surface area contributed by atoms with Gasteiger partial charge in [-0.25, -0.2) is 0 Å². The molecular weight excluding hydrogens is 386 g/mol. The number of hydrogen-bond acceptors (Lipinski definition) is 5. The monoisotopic (exact) mass is 417 g/mol. The number of rotatable bonds is 7. The molecule has 1 fully saturated rings. The van der Waals surface area contributed by atoms with E-state index in [1.165, 1.54) is 11.1 Å². The first kappa shape index (κ1) is 21.3. The quantitative estimate of drug-likeness (QED) is 0.619. The van der Waals surface area contributed by atoms with Gasteiger partial charge in [0.05, 0.1) is 18.8 Å². The summed E-state index contributed by atoms with van der Waals surface area (Å²) in [4.78, 5) is 7.29. The van der Waals surface area contributed by atoms with Crippen molar-refractivity contribution in [2.75, 3.05) is 33.3 Å². The molecule has 0 bridgehead atoms. The van der Waals surface area contributed by atoms with Crippen LogP contribution in [0.2, 0.25) is 0 Å². The number of methoxy groups -OCH3 is 1. The van der Waals surface area contributed by atoms with Gasteiger partial charge >= 0.3 is 0 Å². The van der Waals surface area contributed by atoms with Crippen molar-refractivity contribution in [2.24, 2.45) is 0 Å². The molecule has 4 rings (SSSR count). The Kier molecular flexibility index (Phi) is 7.18. The lowest BCUT2D eigenvalue weighted by atomic mass is 9.99. The van der Waals surface area contributed by atoms with E-state index in [9.17, 15) is 0 Å². The van der Waals surface area contributed by atoms with Gasteiger partial charge in [-0.1, -0.05) is 42.5 Å². The zero-order valence-electron chi connectivity index (χ0n) is 18.4. The molecule has 1 N–H and O–H groups in total. The highest BCUT2D eigenvalue weighted by Gasteiger charge is 2.25. The molecule has 0 spiro atoms. The van der Waals surface area contributed by atoms with Gasteiger partial charge in [-0.15, -0.1) is 0 Å². The first-order chi connectivity index (χ1) is 15.2. The maximum Gasteiger partial charge on any atom is 0.161 e. The van der Waals surface area contributed by atoms with Gasteiger partial charge in [0.1, 0.15) is 6.61 Å². The second-order valence-corrected chi connectivity index (χ2v) is 7.99. The Morgan fingerprint density at radius 2 is 1.87 bits per heavy atom. The normalized spacial score (nSPS) is 15.8. The largest absolute Gasteiger partial charge is 0.493 e. The number of nitrogens with one attached hydrogen (secondary N) is 1. The van der Waals surface area contributed by atoms with Crippen molar-refractivity contribution in [1.29, 1.82) is 0 Å². The summed E-state index contributed by atoms with van der Waals surface area (Å²) in [6, 6.07) is 20.8. The maximum atomic E-state index is 6.07. The second kappa shape index (κ2) is 10.4. The minimum absolute atomic E-state index is 0.0811. The molecule has 3 aromatic rings. The highest BCUT2D eigenvalue weighted by Crippen LogP contribution is 2.35. The molecular formula is C26H31N3O2. The van der Waals surface area contributed by atoms with Crippen LogP contribution in [0.1, 0.15) is 34.8 Å².